The van der Waals surface area contributed by atoms with Gasteiger partial charge in [-0.1, -0.05) is 12.8 Å². The van der Waals surface area contributed by atoms with E-state index in [1.807, 2.05) is 0 Å². The van der Waals surface area contributed by atoms with Crippen LogP contribution in [0.3, 0.4) is 0 Å². The fraction of sp³-hybridized carbons (Fsp3) is 0.875. The van der Waals surface area contributed by atoms with Gasteiger partial charge in [-0.15, -0.1) is 0 Å². The molecule has 1 unspecified atom stereocenters. The molecule has 0 aromatic carbocycles. The maximum Gasteiger partial charge on any atom is 0.451 e. The molecule has 0 aliphatic heterocycles. The van der Waals surface area contributed by atoms with Crippen molar-refractivity contribution in [2.45, 2.75) is 32.0 Å². The number of nitrogens with two attached hydrogens (primary N) is 1. The lowest BCUT2D eigenvalue weighted by Crippen LogP contribution is -2.15. The zero-order valence-corrected chi connectivity index (χ0v) is 8.22. The molecule has 82 valence electrons. The molecule has 0 spiro atoms. The van der Waals surface area contributed by atoms with Gasteiger partial charge in [-0.25, -0.2) is 0 Å². The van der Waals surface area contributed by atoms with Gasteiger partial charge in [-0.2, -0.15) is 0 Å². The molecule has 0 heterocycles. The van der Waals surface area contributed by atoms with E-state index in [9.17, 15) is 4.79 Å². The summed E-state index contributed by atoms with van der Waals surface area (Å²) in [5.74, 6) is -0.774. The predicted octanol–water partition coefficient (Wildman–Crippen LogP) is -0.321. The number of carboxylic acid groups (broad SMARTS) is 1. The minimum atomic E-state index is -1.29. The SMILES string of the molecule is NCCC(CCCB(O)O)CC(=O)O. The number of hydrogen-bond donors (Lipinski definition) is 4. The summed E-state index contributed by atoms with van der Waals surface area (Å²) < 4.78 is 0. The molecule has 1 atom stereocenters. The first kappa shape index (κ1) is 13.4. The third-order valence-corrected chi connectivity index (χ3v) is 2.11. The molecule has 5 N–H and O–H groups in total. The second-order valence-corrected chi connectivity index (χ2v) is 3.45. The van der Waals surface area contributed by atoms with Crippen LogP contribution in [0.25, 0.3) is 0 Å². The number of carboxylic acids is 1. The molecule has 6 heteroatoms. The van der Waals surface area contributed by atoms with Crippen LogP contribution >= 0.6 is 0 Å². The molecule has 0 radical (unpaired) electrons. The Morgan fingerprint density at radius 3 is 2.43 bits per heavy atom. The predicted molar refractivity (Wildman–Crippen MR) is 53.6 cm³/mol. The van der Waals surface area contributed by atoms with Crippen LogP contribution in [0, 0.1) is 5.92 Å². The molecule has 0 amide bonds. The molecule has 0 saturated heterocycles. The Labute approximate surface area is 84.1 Å². The van der Waals surface area contributed by atoms with Crippen LogP contribution in [-0.2, 0) is 4.79 Å². The first-order valence-corrected chi connectivity index (χ1v) is 4.84. The van der Waals surface area contributed by atoms with E-state index in [2.05, 4.69) is 0 Å². The van der Waals surface area contributed by atoms with Crippen LogP contribution in [0.5, 0.6) is 0 Å². The lowest BCUT2D eigenvalue weighted by atomic mass is 9.81. The maximum absolute atomic E-state index is 10.4. The fourth-order valence-corrected chi connectivity index (χ4v) is 1.42. The molecule has 0 rings (SSSR count). The Balaban J connectivity index is 3.67. The van der Waals surface area contributed by atoms with Crippen LogP contribution < -0.4 is 5.73 Å². The summed E-state index contributed by atoms with van der Waals surface area (Å²) in [5.41, 5.74) is 5.34. The van der Waals surface area contributed by atoms with Gasteiger partial charge in [0.05, 0.1) is 0 Å². The van der Waals surface area contributed by atoms with Crippen molar-refractivity contribution in [3.8, 4) is 0 Å². The van der Waals surface area contributed by atoms with Crippen molar-refractivity contribution in [3.05, 3.63) is 0 Å². The Morgan fingerprint density at radius 1 is 1.36 bits per heavy atom. The van der Waals surface area contributed by atoms with Gasteiger partial charge < -0.3 is 20.9 Å². The van der Waals surface area contributed by atoms with Crippen molar-refractivity contribution in [2.75, 3.05) is 6.54 Å². The van der Waals surface area contributed by atoms with Gasteiger partial charge in [0.1, 0.15) is 0 Å². The van der Waals surface area contributed by atoms with Crippen molar-refractivity contribution in [1.82, 2.24) is 0 Å². The van der Waals surface area contributed by atoms with Gasteiger partial charge in [0.2, 0.25) is 0 Å². The van der Waals surface area contributed by atoms with Crippen LogP contribution in [-0.4, -0.2) is 34.8 Å². The minimum Gasteiger partial charge on any atom is -0.481 e. The number of rotatable bonds is 8. The molecular formula is C8H18BNO4. The molecule has 0 aliphatic rings. The van der Waals surface area contributed by atoms with Gasteiger partial charge in [-0.05, 0) is 25.2 Å². The van der Waals surface area contributed by atoms with E-state index in [0.29, 0.717) is 32.1 Å². The van der Waals surface area contributed by atoms with E-state index in [1.165, 1.54) is 0 Å². The van der Waals surface area contributed by atoms with Crippen LogP contribution in [0.15, 0.2) is 0 Å². The Kier molecular flexibility index (Phi) is 7.46. The summed E-state index contributed by atoms with van der Waals surface area (Å²) in [7, 11) is -1.29. The Hall–Kier alpha value is -0.585. The highest BCUT2D eigenvalue weighted by molar-refractivity contribution is 6.40. The second-order valence-electron chi connectivity index (χ2n) is 3.45. The summed E-state index contributed by atoms with van der Waals surface area (Å²) >= 11 is 0. The Morgan fingerprint density at radius 2 is 2.00 bits per heavy atom. The van der Waals surface area contributed by atoms with E-state index < -0.39 is 13.1 Å². The van der Waals surface area contributed by atoms with E-state index in [4.69, 9.17) is 20.9 Å². The minimum absolute atomic E-state index is 0.0521. The van der Waals surface area contributed by atoms with Gasteiger partial charge in [0, 0.05) is 6.42 Å². The van der Waals surface area contributed by atoms with Crippen molar-refractivity contribution >= 4 is 13.1 Å². The third kappa shape index (κ3) is 8.03. The largest absolute Gasteiger partial charge is 0.481 e. The van der Waals surface area contributed by atoms with E-state index >= 15 is 0 Å². The van der Waals surface area contributed by atoms with Crippen LogP contribution in [0.4, 0.5) is 0 Å². The maximum atomic E-state index is 10.4. The molecule has 0 saturated carbocycles. The molecule has 5 nitrogen and oxygen atoms in total. The first-order chi connectivity index (χ1) is 6.56. The molecule has 0 bridgehead atoms. The summed E-state index contributed by atoms with van der Waals surface area (Å²) in [5, 5.41) is 25.8. The molecule has 0 aromatic heterocycles. The molecule has 0 aliphatic carbocycles. The van der Waals surface area contributed by atoms with E-state index in [0.717, 1.165) is 0 Å². The lowest BCUT2D eigenvalue weighted by Gasteiger charge is -2.12. The second kappa shape index (κ2) is 7.79. The lowest BCUT2D eigenvalue weighted by molar-refractivity contribution is -0.138. The smallest absolute Gasteiger partial charge is 0.451 e. The van der Waals surface area contributed by atoms with Gasteiger partial charge in [0.15, 0.2) is 0 Å². The van der Waals surface area contributed by atoms with Gasteiger partial charge in [0.25, 0.3) is 0 Å². The monoisotopic (exact) mass is 203 g/mol. The number of hydrogen-bond acceptors (Lipinski definition) is 4. The topological polar surface area (TPSA) is 104 Å². The molecule has 0 fully saturated rings. The fourth-order valence-electron chi connectivity index (χ4n) is 1.42. The highest BCUT2D eigenvalue weighted by atomic mass is 16.4. The van der Waals surface area contributed by atoms with Crippen LogP contribution in [0.1, 0.15) is 25.7 Å². The van der Waals surface area contributed by atoms with Gasteiger partial charge in [-0.3, -0.25) is 4.79 Å². The normalized spacial score (nSPS) is 12.5. The quantitative estimate of drug-likeness (QED) is 0.404. The van der Waals surface area contributed by atoms with Gasteiger partial charge >= 0.3 is 13.1 Å². The summed E-state index contributed by atoms with van der Waals surface area (Å²) in [4.78, 5) is 10.4. The van der Waals surface area contributed by atoms with Crippen molar-refractivity contribution < 1.29 is 19.9 Å². The van der Waals surface area contributed by atoms with Crippen LogP contribution in [0.2, 0.25) is 6.32 Å². The van der Waals surface area contributed by atoms with Crippen molar-refractivity contribution in [3.63, 3.8) is 0 Å². The van der Waals surface area contributed by atoms with Crippen molar-refractivity contribution in [1.29, 1.82) is 0 Å². The average Bonchev–Trinajstić information content (AvgIpc) is 2.02. The zero-order chi connectivity index (χ0) is 11.0. The standard InChI is InChI=1S/C8H18BNO4/c10-5-3-7(6-8(11)12)2-1-4-9(13)14/h7,13-14H,1-6,10H2,(H,11,12). The molecular weight excluding hydrogens is 185 g/mol. The molecule has 14 heavy (non-hydrogen) atoms. The highest BCUT2D eigenvalue weighted by Crippen LogP contribution is 2.16. The Bertz CT molecular complexity index is 165. The first-order valence-electron chi connectivity index (χ1n) is 4.84. The zero-order valence-electron chi connectivity index (χ0n) is 8.22. The number of aliphatic carboxylic acids is 1. The van der Waals surface area contributed by atoms with E-state index in [1.54, 1.807) is 0 Å². The van der Waals surface area contributed by atoms with Crippen molar-refractivity contribution in [2.24, 2.45) is 11.7 Å². The van der Waals surface area contributed by atoms with E-state index in [-0.39, 0.29) is 12.3 Å². The molecule has 0 aromatic rings. The number of carbonyl (C=O) groups is 1. The third-order valence-electron chi connectivity index (χ3n) is 2.11. The summed E-state index contributed by atoms with van der Waals surface area (Å²) in [6.45, 7) is 0.472. The summed E-state index contributed by atoms with van der Waals surface area (Å²) in [6.07, 6.45) is 2.38. The average molecular weight is 203 g/mol. The summed E-state index contributed by atoms with van der Waals surface area (Å²) in [6, 6.07) is 0. The highest BCUT2D eigenvalue weighted by Gasteiger charge is 2.14.